The van der Waals surface area contributed by atoms with Gasteiger partial charge in [0.25, 0.3) is 0 Å². The van der Waals surface area contributed by atoms with Crippen LogP contribution in [0.15, 0.2) is 0 Å². The Labute approximate surface area is 108 Å². The van der Waals surface area contributed by atoms with Crippen LogP contribution in [0.4, 0.5) is 0 Å². The molecule has 0 atom stereocenters. The predicted octanol–water partition coefficient (Wildman–Crippen LogP) is 3.89. The van der Waals surface area contributed by atoms with Crippen molar-refractivity contribution < 1.29 is 4.79 Å². The summed E-state index contributed by atoms with van der Waals surface area (Å²) in [5.74, 6) is 3.00. The first-order valence-corrected chi connectivity index (χ1v) is 7.75. The maximum atomic E-state index is 12.3. The van der Waals surface area contributed by atoms with Crippen molar-refractivity contribution >= 4 is 37.6 Å². The molecular weight excluding hydrogens is 320 g/mol. The number of halogens is 2. The van der Waals surface area contributed by atoms with Crippen LogP contribution >= 0.6 is 31.9 Å². The van der Waals surface area contributed by atoms with Gasteiger partial charge in [-0.25, -0.2) is 0 Å². The lowest BCUT2D eigenvalue weighted by molar-refractivity contribution is -0.141. The number of carbonyl (C=O) groups is 1. The predicted molar refractivity (Wildman–Crippen MR) is 67.3 cm³/mol. The highest BCUT2D eigenvalue weighted by Crippen LogP contribution is 2.61. The molecule has 4 fully saturated rings. The molecule has 0 aliphatic heterocycles. The van der Waals surface area contributed by atoms with Crippen molar-refractivity contribution in [1.29, 1.82) is 0 Å². The van der Waals surface area contributed by atoms with Gasteiger partial charge >= 0.3 is 0 Å². The number of hydrogen-bond donors (Lipinski definition) is 0. The third-order valence-corrected chi connectivity index (χ3v) is 5.59. The van der Waals surface area contributed by atoms with Gasteiger partial charge in [0.05, 0.1) is 0 Å². The van der Waals surface area contributed by atoms with Crippen molar-refractivity contribution in [2.75, 3.05) is 0 Å². The van der Waals surface area contributed by atoms with E-state index >= 15 is 0 Å². The molecule has 4 saturated carbocycles. The maximum Gasteiger partial charge on any atom is 0.163 e. The SMILES string of the molecule is O=C(C(Br)Br)C12CC3CC(CC(C3)C1)C2. The third-order valence-electron chi connectivity index (χ3n) is 4.76. The Bertz CT molecular complexity index is 263. The summed E-state index contributed by atoms with van der Waals surface area (Å²) in [6, 6.07) is 0. The molecular formula is C12H16Br2O. The molecule has 3 heteroatoms. The van der Waals surface area contributed by atoms with E-state index in [0.717, 1.165) is 17.8 Å². The van der Waals surface area contributed by atoms with Crippen molar-refractivity contribution in [3.63, 3.8) is 0 Å². The van der Waals surface area contributed by atoms with E-state index in [1.54, 1.807) is 0 Å². The average molecular weight is 336 g/mol. The van der Waals surface area contributed by atoms with E-state index < -0.39 is 0 Å². The van der Waals surface area contributed by atoms with E-state index in [0.29, 0.717) is 5.78 Å². The van der Waals surface area contributed by atoms with Gasteiger partial charge in [-0.05, 0) is 56.3 Å². The molecule has 0 aromatic carbocycles. The number of ketones is 1. The zero-order valence-corrected chi connectivity index (χ0v) is 11.9. The topological polar surface area (TPSA) is 17.1 Å². The molecule has 4 rings (SSSR count). The summed E-state index contributed by atoms with van der Waals surface area (Å²) >= 11 is 6.79. The summed E-state index contributed by atoms with van der Waals surface area (Å²) < 4.78 is -0.124. The van der Waals surface area contributed by atoms with Gasteiger partial charge in [0.1, 0.15) is 3.74 Å². The van der Waals surface area contributed by atoms with Gasteiger partial charge in [-0.1, -0.05) is 31.9 Å². The molecule has 4 bridgehead atoms. The Kier molecular flexibility index (Phi) is 2.55. The second-order valence-corrected chi connectivity index (χ2v) is 8.92. The molecule has 0 saturated heterocycles. The standard InChI is InChI=1S/C12H16Br2O/c13-11(14)10(15)12-4-7-1-8(5-12)3-9(2-7)6-12/h7-9,11H,1-6H2. The van der Waals surface area contributed by atoms with E-state index in [-0.39, 0.29) is 9.15 Å². The monoisotopic (exact) mass is 334 g/mol. The Balaban J connectivity index is 1.90. The van der Waals surface area contributed by atoms with Gasteiger partial charge in [0.2, 0.25) is 0 Å². The summed E-state index contributed by atoms with van der Waals surface area (Å²) in [6.45, 7) is 0. The van der Waals surface area contributed by atoms with E-state index in [1.165, 1.54) is 38.5 Å². The summed E-state index contributed by atoms with van der Waals surface area (Å²) in [5.41, 5.74) is 0.0480. The molecule has 0 spiro atoms. The molecule has 0 unspecified atom stereocenters. The van der Waals surface area contributed by atoms with Crippen LogP contribution in [0, 0.1) is 23.2 Å². The second kappa shape index (κ2) is 3.56. The fraction of sp³-hybridized carbons (Fsp3) is 0.917. The lowest BCUT2D eigenvalue weighted by atomic mass is 9.48. The fourth-order valence-electron chi connectivity index (χ4n) is 4.64. The van der Waals surface area contributed by atoms with Crippen LogP contribution in [0.5, 0.6) is 0 Å². The highest BCUT2D eigenvalue weighted by Gasteiger charge is 2.55. The molecule has 0 N–H and O–H groups in total. The lowest BCUT2D eigenvalue weighted by Gasteiger charge is -2.56. The van der Waals surface area contributed by atoms with Crippen LogP contribution < -0.4 is 0 Å². The van der Waals surface area contributed by atoms with E-state index in [2.05, 4.69) is 31.9 Å². The zero-order chi connectivity index (χ0) is 10.6. The van der Waals surface area contributed by atoms with E-state index in [9.17, 15) is 4.79 Å². The van der Waals surface area contributed by atoms with Gasteiger partial charge in [-0.15, -0.1) is 0 Å². The molecule has 0 aromatic heterocycles. The Morgan fingerprint density at radius 1 is 1.00 bits per heavy atom. The van der Waals surface area contributed by atoms with Gasteiger partial charge in [0.15, 0.2) is 5.78 Å². The summed E-state index contributed by atoms with van der Waals surface area (Å²) in [4.78, 5) is 12.3. The number of rotatable bonds is 2. The molecule has 1 nitrogen and oxygen atoms in total. The molecule has 4 aliphatic rings. The number of carbonyl (C=O) groups excluding carboxylic acids is 1. The minimum atomic E-state index is -0.124. The van der Waals surface area contributed by atoms with Crippen LogP contribution in [0.2, 0.25) is 0 Å². The molecule has 0 aromatic rings. The maximum absolute atomic E-state index is 12.3. The van der Waals surface area contributed by atoms with E-state index in [4.69, 9.17) is 0 Å². The van der Waals surface area contributed by atoms with Gasteiger partial charge < -0.3 is 0 Å². The first-order chi connectivity index (χ1) is 7.09. The largest absolute Gasteiger partial charge is 0.297 e. The molecule has 4 aliphatic carbocycles. The summed E-state index contributed by atoms with van der Waals surface area (Å²) in [5, 5.41) is 0. The average Bonchev–Trinajstić information content (AvgIpc) is 2.14. The molecule has 0 heterocycles. The Hall–Kier alpha value is 0.630. The Morgan fingerprint density at radius 2 is 1.40 bits per heavy atom. The number of Topliss-reactive ketones (excluding diaryl/α,β-unsaturated/α-hetero) is 1. The smallest absolute Gasteiger partial charge is 0.163 e. The van der Waals surface area contributed by atoms with Crippen molar-refractivity contribution in [2.45, 2.75) is 42.3 Å². The quantitative estimate of drug-likeness (QED) is 0.700. The summed E-state index contributed by atoms with van der Waals surface area (Å²) in [7, 11) is 0. The van der Waals surface area contributed by atoms with E-state index in [1.807, 2.05) is 0 Å². The van der Waals surface area contributed by atoms with Crippen LogP contribution in [-0.2, 0) is 4.79 Å². The normalized spacial score (nSPS) is 47.5. The minimum Gasteiger partial charge on any atom is -0.297 e. The highest BCUT2D eigenvalue weighted by molar-refractivity contribution is 9.25. The first-order valence-electron chi connectivity index (χ1n) is 5.91. The van der Waals surface area contributed by atoms with Crippen LogP contribution in [0.3, 0.4) is 0 Å². The van der Waals surface area contributed by atoms with Gasteiger partial charge in [-0.2, -0.15) is 0 Å². The van der Waals surface area contributed by atoms with Crippen LogP contribution in [0.25, 0.3) is 0 Å². The molecule has 84 valence electrons. The number of alkyl halides is 2. The minimum absolute atomic E-state index is 0.0480. The zero-order valence-electron chi connectivity index (χ0n) is 8.72. The van der Waals surface area contributed by atoms with Crippen LogP contribution in [0.1, 0.15) is 38.5 Å². The second-order valence-electron chi connectivity index (χ2n) is 5.86. The molecule has 15 heavy (non-hydrogen) atoms. The van der Waals surface area contributed by atoms with Crippen molar-refractivity contribution in [3.8, 4) is 0 Å². The molecule has 0 radical (unpaired) electrons. The van der Waals surface area contributed by atoms with Gasteiger partial charge in [0, 0.05) is 5.41 Å². The van der Waals surface area contributed by atoms with Crippen molar-refractivity contribution in [3.05, 3.63) is 0 Å². The highest BCUT2D eigenvalue weighted by atomic mass is 79.9. The Morgan fingerprint density at radius 3 is 1.73 bits per heavy atom. The summed E-state index contributed by atoms with van der Waals surface area (Å²) in [6.07, 6.45) is 7.73. The first kappa shape index (κ1) is 10.8. The molecule has 0 amide bonds. The number of hydrogen-bond acceptors (Lipinski definition) is 1. The third kappa shape index (κ3) is 1.65. The van der Waals surface area contributed by atoms with Gasteiger partial charge in [-0.3, -0.25) is 4.79 Å². The fourth-order valence-corrected chi connectivity index (χ4v) is 5.62. The van der Waals surface area contributed by atoms with Crippen LogP contribution in [-0.4, -0.2) is 9.52 Å². The lowest BCUT2D eigenvalue weighted by Crippen LogP contribution is -2.51. The van der Waals surface area contributed by atoms with Crippen molar-refractivity contribution in [2.24, 2.45) is 23.2 Å². The van der Waals surface area contributed by atoms with Crippen molar-refractivity contribution in [1.82, 2.24) is 0 Å².